The lowest BCUT2D eigenvalue weighted by Gasteiger charge is -2.30. The molecule has 1 aromatic carbocycles. The van der Waals surface area contributed by atoms with Crippen LogP contribution in [0.1, 0.15) is 23.6 Å². The second-order valence-corrected chi connectivity index (χ2v) is 6.70. The summed E-state index contributed by atoms with van der Waals surface area (Å²) in [7, 11) is 0. The van der Waals surface area contributed by atoms with E-state index in [2.05, 4.69) is 11.9 Å². The Morgan fingerprint density at radius 3 is 2.29 bits per heavy atom. The van der Waals surface area contributed by atoms with Crippen LogP contribution in [0.3, 0.4) is 0 Å². The fourth-order valence-electron chi connectivity index (χ4n) is 3.09. The molecule has 0 unspecified atom stereocenters. The van der Waals surface area contributed by atoms with E-state index in [1.54, 1.807) is 17.1 Å². The van der Waals surface area contributed by atoms with Crippen molar-refractivity contribution < 1.29 is 22.9 Å². The molecule has 0 bridgehead atoms. The van der Waals surface area contributed by atoms with Gasteiger partial charge in [-0.15, -0.1) is 0 Å². The van der Waals surface area contributed by atoms with E-state index in [-0.39, 0.29) is 5.91 Å². The maximum atomic E-state index is 12.7. The minimum absolute atomic E-state index is 0.0596. The molecule has 1 saturated heterocycles. The Labute approximate surface area is 162 Å². The van der Waals surface area contributed by atoms with Crippen molar-refractivity contribution in [2.45, 2.75) is 19.5 Å². The number of aryl methyl sites for hydroxylation is 1. The highest BCUT2D eigenvalue weighted by Crippen LogP contribution is 2.28. The number of halogens is 3. The molecule has 2 aromatic rings. The summed E-state index contributed by atoms with van der Waals surface area (Å²) in [5.74, 6) is 0.558. The zero-order valence-corrected chi connectivity index (χ0v) is 15.7. The van der Waals surface area contributed by atoms with Gasteiger partial charge in [0.05, 0.1) is 18.7 Å². The summed E-state index contributed by atoms with van der Waals surface area (Å²) in [5, 5.41) is 0. The van der Waals surface area contributed by atoms with E-state index in [9.17, 15) is 18.0 Å². The number of rotatable bonds is 4. The number of aromatic nitrogens is 1. The number of carbonyl (C=O) groups excluding carboxylic acids is 1. The molecule has 4 nitrogen and oxygen atoms in total. The molecule has 1 aliphatic heterocycles. The molecule has 0 saturated carbocycles. The van der Waals surface area contributed by atoms with Crippen molar-refractivity contribution in [1.82, 2.24) is 4.90 Å². The average molecular weight is 390 g/mol. The molecule has 1 N–H and O–H groups in total. The zero-order valence-electron chi connectivity index (χ0n) is 15.7. The van der Waals surface area contributed by atoms with Crippen molar-refractivity contribution >= 4 is 17.8 Å². The summed E-state index contributed by atoms with van der Waals surface area (Å²) in [6.45, 7) is 4.26. The fourth-order valence-corrected chi connectivity index (χ4v) is 3.09. The molecule has 0 radical (unpaired) electrons. The number of amides is 1. The molecule has 1 fully saturated rings. The molecular formula is C21H23F3N3O+. The Morgan fingerprint density at radius 2 is 1.75 bits per heavy atom. The van der Waals surface area contributed by atoms with Gasteiger partial charge in [-0.2, -0.15) is 13.2 Å². The molecule has 1 aliphatic rings. The van der Waals surface area contributed by atoms with E-state index < -0.39 is 11.7 Å². The van der Waals surface area contributed by atoms with Gasteiger partial charge in [0.25, 0.3) is 5.82 Å². The lowest BCUT2D eigenvalue weighted by Crippen LogP contribution is -2.49. The molecule has 7 heteroatoms. The first-order valence-corrected chi connectivity index (χ1v) is 9.26. The fraction of sp³-hybridized carbons (Fsp3) is 0.333. The third-order valence-corrected chi connectivity index (χ3v) is 4.86. The standard InChI is InChI=1S/C21H22F3N3O/c1-2-16-3-5-17(6-4-16)7-10-20(28)27-13-11-26(12-14-27)19-9-8-18(15-25-19)21(22,23)24/h3-10,15H,2,11-14H2,1H3/p+1/b10-7+. The van der Waals surface area contributed by atoms with Crippen LogP contribution in [0.25, 0.3) is 6.08 Å². The Morgan fingerprint density at radius 1 is 1.07 bits per heavy atom. The quantitative estimate of drug-likeness (QED) is 0.750. The van der Waals surface area contributed by atoms with Crippen LogP contribution in [0.4, 0.5) is 19.0 Å². The van der Waals surface area contributed by atoms with Gasteiger partial charge in [-0.25, -0.2) is 4.98 Å². The van der Waals surface area contributed by atoms with Crippen molar-refractivity contribution in [3.05, 3.63) is 65.4 Å². The van der Waals surface area contributed by atoms with Crippen LogP contribution in [0.15, 0.2) is 48.7 Å². The molecule has 3 rings (SSSR count). The molecule has 148 valence electrons. The number of pyridine rings is 1. The largest absolute Gasteiger partial charge is 0.419 e. The summed E-state index contributed by atoms with van der Waals surface area (Å²) >= 11 is 0. The van der Waals surface area contributed by atoms with Gasteiger partial charge in [0.15, 0.2) is 0 Å². The maximum absolute atomic E-state index is 12.7. The van der Waals surface area contributed by atoms with Crippen LogP contribution in [-0.2, 0) is 17.4 Å². The number of carbonyl (C=O) groups is 1. The van der Waals surface area contributed by atoms with E-state index >= 15 is 0 Å². The molecule has 28 heavy (non-hydrogen) atoms. The molecular weight excluding hydrogens is 367 g/mol. The van der Waals surface area contributed by atoms with Crippen LogP contribution < -0.4 is 9.88 Å². The summed E-state index contributed by atoms with van der Waals surface area (Å²) < 4.78 is 38.0. The number of hydrogen-bond acceptors (Lipinski definition) is 2. The Balaban J connectivity index is 1.54. The third kappa shape index (κ3) is 4.91. The summed E-state index contributed by atoms with van der Waals surface area (Å²) in [6, 6.07) is 10.6. The van der Waals surface area contributed by atoms with Gasteiger partial charge < -0.3 is 4.90 Å². The number of nitrogens with zero attached hydrogens (tertiary/aromatic N) is 2. The normalized spacial score (nSPS) is 15.3. The van der Waals surface area contributed by atoms with Crippen molar-refractivity contribution in [3.8, 4) is 0 Å². The molecule has 2 heterocycles. The highest BCUT2D eigenvalue weighted by Gasteiger charge is 2.32. The number of nitrogens with one attached hydrogen (secondary N) is 1. The first-order valence-electron chi connectivity index (χ1n) is 9.26. The first kappa shape index (κ1) is 19.9. The highest BCUT2D eigenvalue weighted by atomic mass is 19.4. The van der Waals surface area contributed by atoms with Crippen molar-refractivity contribution in [2.75, 3.05) is 31.1 Å². The number of H-pyrrole nitrogens is 1. The zero-order chi connectivity index (χ0) is 20.1. The van der Waals surface area contributed by atoms with Gasteiger partial charge in [0, 0.05) is 12.1 Å². The van der Waals surface area contributed by atoms with E-state index in [1.807, 2.05) is 29.2 Å². The van der Waals surface area contributed by atoms with Crippen molar-refractivity contribution in [3.63, 3.8) is 0 Å². The predicted molar refractivity (Wildman–Crippen MR) is 102 cm³/mol. The molecule has 0 aliphatic carbocycles. The third-order valence-electron chi connectivity index (χ3n) is 4.86. The summed E-state index contributed by atoms with van der Waals surface area (Å²) in [6.07, 6.45) is 0.963. The minimum atomic E-state index is -4.36. The van der Waals surface area contributed by atoms with Gasteiger partial charge in [0.2, 0.25) is 5.91 Å². The summed E-state index contributed by atoms with van der Waals surface area (Å²) in [4.78, 5) is 18.8. The van der Waals surface area contributed by atoms with E-state index in [0.29, 0.717) is 32.0 Å². The van der Waals surface area contributed by atoms with Crippen LogP contribution in [0.5, 0.6) is 0 Å². The van der Waals surface area contributed by atoms with Gasteiger partial charge in [-0.3, -0.25) is 9.69 Å². The summed E-state index contributed by atoms with van der Waals surface area (Å²) in [5.41, 5.74) is 1.52. The second kappa shape index (κ2) is 8.46. The van der Waals surface area contributed by atoms with Gasteiger partial charge >= 0.3 is 6.18 Å². The number of benzene rings is 1. The van der Waals surface area contributed by atoms with Crippen molar-refractivity contribution in [2.24, 2.45) is 0 Å². The predicted octanol–water partition coefficient (Wildman–Crippen LogP) is 3.44. The number of hydrogen-bond donors (Lipinski definition) is 0. The minimum Gasteiger partial charge on any atom is -0.331 e. The molecule has 1 aromatic heterocycles. The van der Waals surface area contributed by atoms with Gasteiger partial charge in [-0.05, 0) is 29.7 Å². The number of aromatic amines is 1. The van der Waals surface area contributed by atoms with Crippen LogP contribution in [-0.4, -0.2) is 37.0 Å². The molecule has 0 atom stereocenters. The average Bonchev–Trinajstić information content (AvgIpc) is 2.72. The van der Waals surface area contributed by atoms with E-state index in [0.717, 1.165) is 24.2 Å². The number of alkyl halides is 3. The topological polar surface area (TPSA) is 37.7 Å². The van der Waals surface area contributed by atoms with Crippen molar-refractivity contribution in [1.29, 1.82) is 0 Å². The second-order valence-electron chi connectivity index (χ2n) is 6.70. The first-order chi connectivity index (χ1) is 13.4. The monoisotopic (exact) mass is 390 g/mol. The van der Waals surface area contributed by atoms with E-state index in [4.69, 9.17) is 0 Å². The smallest absolute Gasteiger partial charge is 0.331 e. The van der Waals surface area contributed by atoms with Crippen LogP contribution in [0, 0.1) is 0 Å². The van der Waals surface area contributed by atoms with E-state index in [1.165, 1.54) is 11.6 Å². The highest BCUT2D eigenvalue weighted by molar-refractivity contribution is 5.91. The van der Waals surface area contributed by atoms with Gasteiger partial charge in [0.1, 0.15) is 19.3 Å². The Bertz CT molecular complexity index is 821. The van der Waals surface area contributed by atoms with Gasteiger partial charge in [-0.1, -0.05) is 31.2 Å². The maximum Gasteiger partial charge on any atom is 0.419 e. The SMILES string of the molecule is CCc1ccc(/C=C/C(=O)N2CCN(c3ccc(C(F)(F)F)c[nH+]3)CC2)cc1. The Kier molecular flexibility index (Phi) is 6.02. The van der Waals surface area contributed by atoms with Crippen LogP contribution in [0.2, 0.25) is 0 Å². The lowest BCUT2D eigenvalue weighted by atomic mass is 10.1. The number of piperazine rings is 1. The number of anilines is 1. The van der Waals surface area contributed by atoms with Crippen LogP contribution >= 0.6 is 0 Å². The molecule has 0 spiro atoms. The Hall–Kier alpha value is -2.83. The molecule has 1 amide bonds. The lowest BCUT2D eigenvalue weighted by molar-refractivity contribution is -0.367.